The molecule has 0 radical (unpaired) electrons. The molecule has 0 aliphatic carbocycles. The molecule has 29 heavy (non-hydrogen) atoms. The van der Waals surface area contributed by atoms with E-state index in [-0.39, 0.29) is 17.0 Å². The number of oxazole rings is 1. The van der Waals surface area contributed by atoms with E-state index in [1.54, 1.807) is 37.3 Å². The summed E-state index contributed by atoms with van der Waals surface area (Å²) in [6.07, 6.45) is 0. The monoisotopic (exact) mass is 427 g/mol. The number of thiophene rings is 1. The minimum Gasteiger partial charge on any atom is -0.441 e. The van der Waals surface area contributed by atoms with Crippen LogP contribution in [0.5, 0.6) is 0 Å². The molecule has 4 rings (SSSR count). The van der Waals surface area contributed by atoms with Gasteiger partial charge in [-0.1, -0.05) is 12.1 Å². The van der Waals surface area contributed by atoms with E-state index in [1.807, 2.05) is 17.5 Å². The Kier molecular flexibility index (Phi) is 5.18. The smallest absolute Gasteiger partial charge is 0.255 e. The first kappa shape index (κ1) is 19.3. The van der Waals surface area contributed by atoms with Crippen molar-refractivity contribution in [1.29, 1.82) is 0 Å². The normalized spacial score (nSPS) is 11.6. The minimum atomic E-state index is -3.74. The van der Waals surface area contributed by atoms with Gasteiger partial charge in [0.1, 0.15) is 5.52 Å². The number of sulfonamides is 1. The lowest BCUT2D eigenvalue weighted by Crippen LogP contribution is -2.23. The number of benzene rings is 2. The van der Waals surface area contributed by atoms with Crippen LogP contribution in [0.25, 0.3) is 11.1 Å². The van der Waals surface area contributed by atoms with Gasteiger partial charge < -0.3 is 9.73 Å². The molecule has 0 bridgehead atoms. The largest absolute Gasteiger partial charge is 0.441 e. The van der Waals surface area contributed by atoms with Crippen LogP contribution in [0.4, 0.5) is 5.69 Å². The van der Waals surface area contributed by atoms with Gasteiger partial charge in [0, 0.05) is 29.6 Å². The van der Waals surface area contributed by atoms with Crippen LogP contribution in [0, 0.1) is 6.92 Å². The highest BCUT2D eigenvalue weighted by Gasteiger charge is 2.17. The maximum absolute atomic E-state index is 12.6. The number of rotatable bonds is 6. The summed E-state index contributed by atoms with van der Waals surface area (Å²) in [5.74, 6) is 0.122. The molecular weight excluding hydrogens is 410 g/mol. The zero-order valence-corrected chi connectivity index (χ0v) is 17.0. The Hall–Kier alpha value is -3.01. The number of nitrogens with one attached hydrogen (secondary N) is 2. The first-order chi connectivity index (χ1) is 13.9. The number of nitrogens with zero attached hydrogens (tertiary/aromatic N) is 1. The Morgan fingerprint density at radius 2 is 2.00 bits per heavy atom. The molecule has 1 amide bonds. The van der Waals surface area contributed by atoms with Gasteiger partial charge in [-0.25, -0.2) is 18.1 Å². The van der Waals surface area contributed by atoms with Crippen LogP contribution >= 0.6 is 11.3 Å². The number of hydrogen-bond acceptors (Lipinski definition) is 6. The summed E-state index contributed by atoms with van der Waals surface area (Å²) < 4.78 is 33.1. The van der Waals surface area contributed by atoms with Gasteiger partial charge in [-0.15, -0.1) is 11.3 Å². The zero-order chi connectivity index (χ0) is 20.4. The summed E-state index contributed by atoms with van der Waals surface area (Å²) >= 11 is 1.47. The summed E-state index contributed by atoms with van der Waals surface area (Å²) in [7, 11) is -3.74. The van der Waals surface area contributed by atoms with Gasteiger partial charge in [-0.05, 0) is 47.8 Å². The Morgan fingerprint density at radius 1 is 1.14 bits per heavy atom. The van der Waals surface area contributed by atoms with Crippen LogP contribution in [0.3, 0.4) is 0 Å². The van der Waals surface area contributed by atoms with Crippen LogP contribution < -0.4 is 10.0 Å². The second kappa shape index (κ2) is 7.78. The number of hydrogen-bond donors (Lipinski definition) is 2. The molecule has 2 heterocycles. The van der Waals surface area contributed by atoms with Gasteiger partial charge in [0.2, 0.25) is 10.0 Å². The highest BCUT2D eigenvalue weighted by molar-refractivity contribution is 7.89. The summed E-state index contributed by atoms with van der Waals surface area (Å²) in [5.41, 5.74) is 2.04. The lowest BCUT2D eigenvalue weighted by molar-refractivity contribution is 0.102. The van der Waals surface area contributed by atoms with Gasteiger partial charge in [0.25, 0.3) is 5.91 Å². The predicted molar refractivity (Wildman–Crippen MR) is 111 cm³/mol. The third kappa shape index (κ3) is 4.37. The molecule has 0 fully saturated rings. The van der Waals surface area contributed by atoms with Crippen molar-refractivity contribution in [3.63, 3.8) is 0 Å². The van der Waals surface area contributed by atoms with Crippen molar-refractivity contribution in [1.82, 2.24) is 9.71 Å². The number of anilines is 1. The van der Waals surface area contributed by atoms with Crippen molar-refractivity contribution in [2.75, 3.05) is 5.32 Å². The maximum atomic E-state index is 12.6. The lowest BCUT2D eigenvalue weighted by atomic mass is 10.2. The highest BCUT2D eigenvalue weighted by atomic mass is 32.2. The molecule has 0 unspecified atom stereocenters. The van der Waals surface area contributed by atoms with Crippen molar-refractivity contribution >= 4 is 44.1 Å². The highest BCUT2D eigenvalue weighted by Crippen LogP contribution is 2.21. The molecule has 2 aromatic carbocycles. The van der Waals surface area contributed by atoms with E-state index in [0.29, 0.717) is 22.7 Å². The van der Waals surface area contributed by atoms with Crippen LogP contribution in [-0.4, -0.2) is 19.3 Å². The van der Waals surface area contributed by atoms with Crippen molar-refractivity contribution in [3.8, 4) is 0 Å². The molecule has 0 spiro atoms. The molecule has 0 saturated carbocycles. The van der Waals surface area contributed by atoms with E-state index in [9.17, 15) is 13.2 Å². The van der Waals surface area contributed by atoms with Crippen LogP contribution in [0.1, 0.15) is 21.1 Å². The standard InChI is InChI=1S/C20H17N3O4S2/c1-13-22-18-11-15(7-8-19(18)27-13)23-20(24)14-4-2-6-17(10-14)29(25,26)21-12-16-5-3-9-28-16/h2-11,21H,12H2,1H3,(H,23,24). The minimum absolute atomic E-state index is 0.0317. The second-order valence-electron chi connectivity index (χ2n) is 6.30. The van der Waals surface area contributed by atoms with Crippen molar-refractivity contribution in [2.24, 2.45) is 0 Å². The topological polar surface area (TPSA) is 101 Å². The molecule has 0 aliphatic rings. The number of aromatic nitrogens is 1. The number of carbonyl (C=O) groups is 1. The van der Waals surface area contributed by atoms with E-state index in [4.69, 9.17) is 4.42 Å². The predicted octanol–water partition coefficient (Wildman–Crippen LogP) is 3.93. The fraction of sp³-hybridized carbons (Fsp3) is 0.100. The van der Waals surface area contributed by atoms with Gasteiger partial charge in [0.05, 0.1) is 4.90 Å². The average molecular weight is 428 g/mol. The second-order valence-corrected chi connectivity index (χ2v) is 9.10. The molecule has 2 N–H and O–H groups in total. The van der Waals surface area contributed by atoms with E-state index in [0.717, 1.165) is 4.88 Å². The number of amides is 1. The Balaban J connectivity index is 1.51. The van der Waals surface area contributed by atoms with E-state index < -0.39 is 15.9 Å². The first-order valence-electron chi connectivity index (χ1n) is 8.71. The summed E-state index contributed by atoms with van der Waals surface area (Å²) in [4.78, 5) is 17.8. The van der Waals surface area contributed by atoms with E-state index in [1.165, 1.54) is 23.5 Å². The van der Waals surface area contributed by atoms with Crippen molar-refractivity contribution < 1.29 is 17.6 Å². The van der Waals surface area contributed by atoms with Crippen LogP contribution in [-0.2, 0) is 16.6 Å². The average Bonchev–Trinajstić information content (AvgIpc) is 3.35. The molecule has 2 aromatic heterocycles. The fourth-order valence-electron chi connectivity index (χ4n) is 2.79. The molecule has 0 saturated heterocycles. The molecule has 4 aromatic rings. The van der Waals surface area contributed by atoms with Gasteiger partial charge >= 0.3 is 0 Å². The molecule has 148 valence electrons. The molecule has 9 heteroatoms. The lowest BCUT2D eigenvalue weighted by Gasteiger charge is -2.09. The fourth-order valence-corrected chi connectivity index (χ4v) is 4.58. The number of aryl methyl sites for hydroxylation is 1. The van der Waals surface area contributed by atoms with Crippen LogP contribution in [0.15, 0.2) is 69.3 Å². The third-order valence-corrected chi connectivity index (χ3v) is 6.45. The number of fused-ring (bicyclic) bond motifs is 1. The van der Waals surface area contributed by atoms with Crippen molar-refractivity contribution in [3.05, 3.63) is 76.3 Å². The maximum Gasteiger partial charge on any atom is 0.255 e. The van der Waals surface area contributed by atoms with E-state index in [2.05, 4.69) is 15.0 Å². The Morgan fingerprint density at radius 3 is 2.79 bits per heavy atom. The Bertz CT molecular complexity index is 1280. The summed E-state index contributed by atoms with van der Waals surface area (Å²) in [5, 5.41) is 4.64. The first-order valence-corrected chi connectivity index (χ1v) is 11.1. The van der Waals surface area contributed by atoms with E-state index >= 15 is 0 Å². The van der Waals surface area contributed by atoms with Gasteiger partial charge in [-0.2, -0.15) is 0 Å². The van der Waals surface area contributed by atoms with Gasteiger partial charge in [-0.3, -0.25) is 4.79 Å². The van der Waals surface area contributed by atoms with Crippen LogP contribution in [0.2, 0.25) is 0 Å². The summed E-state index contributed by atoms with van der Waals surface area (Å²) in [6, 6.07) is 14.7. The SMILES string of the molecule is Cc1nc2cc(NC(=O)c3cccc(S(=O)(=O)NCc4cccs4)c3)ccc2o1. The zero-order valence-electron chi connectivity index (χ0n) is 15.4. The van der Waals surface area contributed by atoms with Crippen molar-refractivity contribution in [2.45, 2.75) is 18.4 Å². The van der Waals surface area contributed by atoms with Gasteiger partial charge in [0.15, 0.2) is 11.5 Å². The molecule has 7 nitrogen and oxygen atoms in total. The molecule has 0 aliphatic heterocycles. The summed E-state index contributed by atoms with van der Waals surface area (Å²) in [6.45, 7) is 1.95. The third-order valence-electron chi connectivity index (χ3n) is 4.18. The quantitative estimate of drug-likeness (QED) is 0.486. The Labute approximate surface area is 171 Å². The molecule has 0 atom stereocenters. The molecular formula is C20H17N3O4S2. The number of carbonyl (C=O) groups excluding carboxylic acids is 1.